The van der Waals surface area contributed by atoms with Crippen LogP contribution in [0.3, 0.4) is 0 Å². The summed E-state index contributed by atoms with van der Waals surface area (Å²) in [6.45, 7) is 18.3. The fourth-order valence-corrected chi connectivity index (χ4v) is 2.84. The third kappa shape index (κ3) is 5.32. The van der Waals surface area contributed by atoms with Crippen LogP contribution in [0, 0.1) is 0 Å². The molecule has 0 saturated carbocycles. The zero-order valence-corrected chi connectivity index (χ0v) is 16.3. The molecule has 1 saturated heterocycles. The number of hydrogen-bond donors (Lipinski definition) is 1. The Balaban J connectivity index is 3.46. The molecule has 0 bridgehead atoms. The first-order valence-corrected chi connectivity index (χ1v) is 8.97. The van der Waals surface area contributed by atoms with Crippen LogP contribution in [0.4, 0.5) is 0 Å². The van der Waals surface area contributed by atoms with Gasteiger partial charge in [-0.1, -0.05) is 63.3 Å². The Hall–Kier alpha value is -2.35. The number of carbonyl (C=O) groups excluding carboxylic acids is 1. The molecule has 0 aromatic heterocycles. The molecule has 0 aromatic carbocycles. The van der Waals surface area contributed by atoms with Gasteiger partial charge in [0.05, 0.1) is 0 Å². The smallest absolute Gasteiger partial charge is 0.256 e. The highest BCUT2D eigenvalue weighted by molar-refractivity contribution is 6.05. The second-order valence-corrected chi connectivity index (χ2v) is 6.43. The van der Waals surface area contributed by atoms with Gasteiger partial charge < -0.3 is 5.32 Å². The fraction of sp³-hybridized carbons (Fsp3) is 0.348. The van der Waals surface area contributed by atoms with E-state index in [1.54, 1.807) is 0 Å². The summed E-state index contributed by atoms with van der Waals surface area (Å²) in [4.78, 5) is 12.2. The Bertz CT molecular complexity index is 704. The normalized spacial score (nSPS) is 18.0. The summed E-state index contributed by atoms with van der Waals surface area (Å²) in [6.07, 6.45) is 13.5. The summed E-state index contributed by atoms with van der Waals surface area (Å²) >= 11 is 0. The summed E-state index contributed by atoms with van der Waals surface area (Å²) < 4.78 is 0. The van der Waals surface area contributed by atoms with E-state index in [1.807, 2.05) is 19.9 Å². The molecule has 1 amide bonds. The first kappa shape index (κ1) is 20.7. The van der Waals surface area contributed by atoms with Crippen molar-refractivity contribution in [2.24, 2.45) is 0 Å². The largest absolute Gasteiger partial charge is 0.322 e. The summed E-state index contributed by atoms with van der Waals surface area (Å²) in [5.74, 6) is -0.0733. The Kier molecular flexibility index (Phi) is 8.13. The predicted octanol–water partition coefficient (Wildman–Crippen LogP) is 6.09. The minimum atomic E-state index is -0.0733. The van der Waals surface area contributed by atoms with Gasteiger partial charge in [-0.05, 0) is 56.4 Å². The molecule has 1 heterocycles. The van der Waals surface area contributed by atoms with Gasteiger partial charge in [-0.25, -0.2) is 0 Å². The molecule has 25 heavy (non-hydrogen) atoms. The van der Waals surface area contributed by atoms with Crippen molar-refractivity contribution in [2.45, 2.75) is 53.9 Å². The van der Waals surface area contributed by atoms with Crippen molar-refractivity contribution in [3.63, 3.8) is 0 Å². The topological polar surface area (TPSA) is 29.1 Å². The molecule has 1 rings (SSSR count). The highest BCUT2D eigenvalue weighted by Crippen LogP contribution is 2.30. The Morgan fingerprint density at radius 2 is 1.88 bits per heavy atom. The maximum absolute atomic E-state index is 12.2. The van der Waals surface area contributed by atoms with Gasteiger partial charge in [0.2, 0.25) is 0 Å². The first-order valence-electron chi connectivity index (χ1n) is 8.97. The molecule has 1 N–H and O–H groups in total. The molecule has 1 fully saturated rings. The average molecular weight is 338 g/mol. The third-order valence-electron chi connectivity index (χ3n) is 4.07. The van der Waals surface area contributed by atoms with Gasteiger partial charge in [0.1, 0.15) is 0 Å². The molecule has 0 spiro atoms. The van der Waals surface area contributed by atoms with Crippen molar-refractivity contribution in [3.05, 3.63) is 82.7 Å². The van der Waals surface area contributed by atoms with Crippen LogP contribution in [0.5, 0.6) is 0 Å². The molecule has 0 unspecified atom stereocenters. The number of hydrogen-bond acceptors (Lipinski definition) is 1. The van der Waals surface area contributed by atoms with E-state index in [-0.39, 0.29) is 5.91 Å². The predicted molar refractivity (Wildman–Crippen MR) is 109 cm³/mol. The van der Waals surface area contributed by atoms with Crippen LogP contribution in [-0.4, -0.2) is 5.91 Å². The van der Waals surface area contributed by atoms with Gasteiger partial charge in [0.25, 0.3) is 5.91 Å². The fourth-order valence-electron chi connectivity index (χ4n) is 2.84. The average Bonchev–Trinajstić information content (AvgIpc) is 2.82. The van der Waals surface area contributed by atoms with Crippen LogP contribution in [0.2, 0.25) is 0 Å². The highest BCUT2D eigenvalue weighted by atomic mass is 16.2. The van der Waals surface area contributed by atoms with Crippen molar-refractivity contribution in [1.29, 1.82) is 0 Å². The highest BCUT2D eigenvalue weighted by Gasteiger charge is 2.27. The molecule has 0 radical (unpaired) electrons. The number of unbranched alkanes of at least 4 members (excludes halogenated alkanes) is 1. The van der Waals surface area contributed by atoms with Crippen molar-refractivity contribution in [3.8, 4) is 0 Å². The molecule has 2 nitrogen and oxygen atoms in total. The number of carbonyl (C=O) groups is 1. The van der Waals surface area contributed by atoms with Crippen molar-refractivity contribution in [1.82, 2.24) is 5.32 Å². The van der Waals surface area contributed by atoms with E-state index in [0.717, 1.165) is 47.1 Å². The molecule has 134 valence electrons. The van der Waals surface area contributed by atoms with E-state index in [4.69, 9.17) is 0 Å². The van der Waals surface area contributed by atoms with Gasteiger partial charge in [-0.2, -0.15) is 0 Å². The van der Waals surface area contributed by atoms with Crippen LogP contribution in [0.1, 0.15) is 53.9 Å². The minimum absolute atomic E-state index is 0.0733. The van der Waals surface area contributed by atoms with Gasteiger partial charge in [0.15, 0.2) is 0 Å². The number of nitrogens with one attached hydrogen (secondary N) is 1. The molecule has 0 aliphatic carbocycles. The summed E-state index contributed by atoms with van der Waals surface area (Å²) in [5.41, 5.74) is 6.56. The Morgan fingerprint density at radius 3 is 2.40 bits per heavy atom. The van der Waals surface area contributed by atoms with Gasteiger partial charge >= 0.3 is 0 Å². The number of allylic oxidation sites excluding steroid dienone is 10. The van der Waals surface area contributed by atoms with Crippen LogP contribution >= 0.6 is 0 Å². The maximum Gasteiger partial charge on any atom is 0.256 e. The quantitative estimate of drug-likeness (QED) is 0.442. The zero-order valence-electron chi connectivity index (χ0n) is 16.3. The summed E-state index contributed by atoms with van der Waals surface area (Å²) in [5, 5.41) is 2.83. The SMILES string of the molecule is C=CC(/C(/C=C1\C(=C)NC(=O)C1=C(C)C)=C\CC)=C(C)\C=C/CCC. The van der Waals surface area contributed by atoms with E-state index in [9.17, 15) is 4.79 Å². The maximum atomic E-state index is 12.2. The Morgan fingerprint density at radius 1 is 1.20 bits per heavy atom. The van der Waals surface area contributed by atoms with Crippen molar-refractivity contribution >= 4 is 5.91 Å². The second kappa shape index (κ2) is 9.83. The van der Waals surface area contributed by atoms with E-state index in [0.29, 0.717) is 5.70 Å². The molecular formula is C23H31NO. The summed E-state index contributed by atoms with van der Waals surface area (Å²) in [7, 11) is 0. The standard InChI is InChI=1S/C23H31NO/c1-8-11-12-14-17(6)20(10-3)19(13-9-2)15-21-18(7)24-23(25)22(21)16(4)5/h10,12-15H,3,7-9,11H2,1-2,4-6H3,(H,24,25)/b14-12-,19-13-,20-17+,21-15+. The van der Waals surface area contributed by atoms with Crippen molar-refractivity contribution in [2.75, 3.05) is 0 Å². The lowest BCUT2D eigenvalue weighted by atomic mass is 9.94. The van der Waals surface area contributed by atoms with E-state index < -0.39 is 0 Å². The lowest BCUT2D eigenvalue weighted by Gasteiger charge is -2.10. The molecular weight excluding hydrogens is 306 g/mol. The second-order valence-electron chi connectivity index (χ2n) is 6.43. The summed E-state index contributed by atoms with van der Waals surface area (Å²) in [6, 6.07) is 0. The van der Waals surface area contributed by atoms with Crippen LogP contribution < -0.4 is 5.32 Å². The van der Waals surface area contributed by atoms with E-state index >= 15 is 0 Å². The lowest BCUT2D eigenvalue weighted by Crippen LogP contribution is -2.12. The molecule has 1 aliphatic rings. The monoisotopic (exact) mass is 337 g/mol. The lowest BCUT2D eigenvalue weighted by molar-refractivity contribution is -0.115. The van der Waals surface area contributed by atoms with Crippen LogP contribution in [0.15, 0.2) is 82.7 Å². The molecule has 2 heteroatoms. The van der Waals surface area contributed by atoms with Gasteiger partial charge in [0, 0.05) is 16.8 Å². The van der Waals surface area contributed by atoms with E-state index in [1.165, 1.54) is 5.57 Å². The first-order chi connectivity index (χ1) is 11.9. The van der Waals surface area contributed by atoms with Crippen LogP contribution in [-0.2, 0) is 4.79 Å². The van der Waals surface area contributed by atoms with E-state index in [2.05, 4.69) is 63.5 Å². The zero-order chi connectivity index (χ0) is 19.0. The minimum Gasteiger partial charge on any atom is -0.322 e. The van der Waals surface area contributed by atoms with Gasteiger partial charge in [-0.3, -0.25) is 4.79 Å². The number of rotatable bonds is 7. The van der Waals surface area contributed by atoms with Crippen molar-refractivity contribution < 1.29 is 4.79 Å². The van der Waals surface area contributed by atoms with Crippen LogP contribution in [0.25, 0.3) is 0 Å². The third-order valence-corrected chi connectivity index (χ3v) is 4.07. The van der Waals surface area contributed by atoms with Gasteiger partial charge in [-0.15, -0.1) is 0 Å². The Labute approximate surface area is 153 Å². The molecule has 0 aromatic rings. The number of amides is 1. The molecule has 0 atom stereocenters. The molecule has 1 aliphatic heterocycles.